The quantitative estimate of drug-likeness (QED) is 0.524. The number of likely N-dealkylation sites (tertiary alicyclic amines) is 1. The molecule has 1 rings (SSSR count). The van der Waals surface area contributed by atoms with Crippen molar-refractivity contribution in [1.82, 2.24) is 4.90 Å². The van der Waals surface area contributed by atoms with Crippen LogP contribution in [0.2, 0.25) is 0 Å². The Bertz CT molecular complexity index is 112. The van der Waals surface area contributed by atoms with E-state index in [1.807, 2.05) is 0 Å². The molecule has 4 heteroatoms. The van der Waals surface area contributed by atoms with Crippen molar-refractivity contribution < 1.29 is 9.81 Å². The van der Waals surface area contributed by atoms with Crippen molar-refractivity contribution in [3.8, 4) is 0 Å². The summed E-state index contributed by atoms with van der Waals surface area (Å²) < 4.78 is 10.1. The molecular formula is C6H12BNO2. The molecule has 0 spiro atoms. The van der Waals surface area contributed by atoms with Crippen LogP contribution in [-0.2, 0) is 4.70 Å². The van der Waals surface area contributed by atoms with Gasteiger partial charge in [-0.15, -0.1) is 0 Å². The number of aliphatic hydroxyl groups excluding tert-OH is 1. The van der Waals surface area contributed by atoms with E-state index >= 15 is 0 Å². The van der Waals surface area contributed by atoms with Gasteiger partial charge >= 0.3 is 60.3 Å². The molecule has 0 atom stereocenters. The first-order valence-corrected chi connectivity index (χ1v) is 3.67. The first kappa shape index (κ1) is 7.89. The topological polar surface area (TPSA) is 40.5 Å². The molecule has 0 radical (unpaired) electrons. The molecule has 1 aliphatic heterocycles. The van der Waals surface area contributed by atoms with Crippen molar-refractivity contribution in [3.63, 3.8) is 0 Å². The fourth-order valence-electron chi connectivity index (χ4n) is 1.21. The van der Waals surface area contributed by atoms with Crippen LogP contribution in [0, 0.1) is 0 Å². The van der Waals surface area contributed by atoms with E-state index in [0.29, 0.717) is 6.44 Å². The average molecular weight is 141 g/mol. The minimum absolute atomic E-state index is 0.136. The summed E-state index contributed by atoms with van der Waals surface area (Å²) in [6.07, 6.45) is 2.01. The van der Waals surface area contributed by atoms with Crippen LogP contribution in [0.25, 0.3) is 0 Å². The molecule has 0 unspecified atom stereocenters. The minimum atomic E-state index is -0.136. The van der Waals surface area contributed by atoms with E-state index in [1.165, 1.54) is 0 Å². The average Bonchev–Trinajstić information content (AvgIpc) is 1.95. The van der Waals surface area contributed by atoms with Crippen molar-refractivity contribution in [3.05, 3.63) is 0 Å². The van der Waals surface area contributed by atoms with E-state index in [4.69, 9.17) is 5.11 Å². The van der Waals surface area contributed by atoms with Gasteiger partial charge in [-0.1, -0.05) is 0 Å². The molecule has 1 N–H and O–H groups in total. The van der Waals surface area contributed by atoms with Crippen LogP contribution in [0.3, 0.4) is 0 Å². The van der Waals surface area contributed by atoms with Gasteiger partial charge in [0.2, 0.25) is 0 Å². The molecule has 1 saturated heterocycles. The summed E-state index contributed by atoms with van der Waals surface area (Å²) in [6.45, 7) is 1.72. The molecule has 0 aromatic heterocycles. The third kappa shape index (κ3) is 2.19. The van der Waals surface area contributed by atoms with Crippen LogP contribution in [0.15, 0.2) is 0 Å². The molecule has 3 nitrogen and oxygen atoms in total. The molecule has 0 bridgehead atoms. The number of nitrogens with zero attached hydrogens (tertiary/aromatic N) is 1. The second kappa shape index (κ2) is 3.83. The Balaban J connectivity index is 2.19. The van der Waals surface area contributed by atoms with Gasteiger partial charge in [-0.25, -0.2) is 0 Å². The molecule has 10 heavy (non-hydrogen) atoms. The first-order valence-electron chi connectivity index (χ1n) is 3.67. The van der Waals surface area contributed by atoms with E-state index in [1.54, 1.807) is 0 Å². The Morgan fingerprint density at radius 2 is 2.10 bits per heavy atom. The summed E-state index contributed by atoms with van der Waals surface area (Å²) in [4.78, 5) is 2.06. The SMILES string of the molecule is O=BCN1CCC(O)CC1. The zero-order chi connectivity index (χ0) is 7.40. The van der Waals surface area contributed by atoms with Crippen molar-refractivity contribution in [2.45, 2.75) is 18.9 Å². The van der Waals surface area contributed by atoms with Gasteiger partial charge in [0.1, 0.15) is 0 Å². The van der Waals surface area contributed by atoms with E-state index in [2.05, 4.69) is 4.90 Å². The van der Waals surface area contributed by atoms with Crippen LogP contribution in [-0.4, -0.2) is 42.8 Å². The number of hydrogen-bond donors (Lipinski definition) is 1. The molecule has 0 aromatic carbocycles. The summed E-state index contributed by atoms with van der Waals surface area (Å²) in [5.74, 6) is 0. The second-order valence-corrected chi connectivity index (χ2v) is 2.70. The predicted octanol–water partition coefficient (Wildman–Crippen LogP) is -0.550. The Kier molecular flexibility index (Phi) is 3.02. The van der Waals surface area contributed by atoms with Crippen molar-refractivity contribution in [2.24, 2.45) is 0 Å². The first-order chi connectivity index (χ1) is 4.83. The van der Waals surface area contributed by atoms with Gasteiger partial charge in [0, 0.05) is 0 Å². The van der Waals surface area contributed by atoms with Crippen molar-refractivity contribution >= 4 is 7.15 Å². The Hall–Kier alpha value is -0.215. The van der Waals surface area contributed by atoms with Crippen LogP contribution < -0.4 is 0 Å². The molecule has 0 saturated carbocycles. The zero-order valence-corrected chi connectivity index (χ0v) is 5.99. The van der Waals surface area contributed by atoms with E-state index in [0.717, 1.165) is 33.1 Å². The Labute approximate surface area is 61.3 Å². The Morgan fingerprint density at radius 3 is 2.60 bits per heavy atom. The molecule has 1 heterocycles. The van der Waals surface area contributed by atoms with Gasteiger partial charge in [0.15, 0.2) is 0 Å². The van der Waals surface area contributed by atoms with Gasteiger partial charge in [0.05, 0.1) is 0 Å². The van der Waals surface area contributed by atoms with E-state index in [-0.39, 0.29) is 6.10 Å². The van der Waals surface area contributed by atoms with Crippen molar-refractivity contribution in [2.75, 3.05) is 19.5 Å². The number of rotatable bonds is 2. The summed E-state index contributed by atoms with van der Waals surface area (Å²) in [5.41, 5.74) is 0. The molecular weight excluding hydrogens is 129 g/mol. The summed E-state index contributed by atoms with van der Waals surface area (Å²) >= 11 is 0. The Morgan fingerprint density at radius 1 is 1.50 bits per heavy atom. The van der Waals surface area contributed by atoms with Crippen LogP contribution >= 0.6 is 0 Å². The summed E-state index contributed by atoms with van der Waals surface area (Å²) in [5, 5.41) is 9.08. The van der Waals surface area contributed by atoms with E-state index < -0.39 is 0 Å². The van der Waals surface area contributed by atoms with Gasteiger partial charge in [-0.2, -0.15) is 0 Å². The maximum atomic E-state index is 10.1. The summed E-state index contributed by atoms with van der Waals surface area (Å²) in [7, 11) is 0.914. The van der Waals surface area contributed by atoms with E-state index in [9.17, 15) is 4.70 Å². The molecule has 0 amide bonds. The second-order valence-electron chi connectivity index (χ2n) is 2.70. The third-order valence-corrected chi connectivity index (χ3v) is 1.89. The van der Waals surface area contributed by atoms with Gasteiger partial charge in [-0.05, 0) is 0 Å². The predicted molar refractivity (Wildman–Crippen MR) is 38.1 cm³/mol. The van der Waals surface area contributed by atoms with Gasteiger partial charge in [0.25, 0.3) is 0 Å². The standard InChI is InChI=1S/C6H12BNO2/c9-6-1-3-8(4-2-6)5-7-10/h6,9H,1-5H2. The van der Waals surface area contributed by atoms with Crippen LogP contribution in [0.1, 0.15) is 12.8 Å². The molecule has 56 valence electrons. The number of piperidine rings is 1. The van der Waals surface area contributed by atoms with Crippen molar-refractivity contribution in [1.29, 1.82) is 0 Å². The summed E-state index contributed by atoms with van der Waals surface area (Å²) in [6, 6.07) is 0. The molecule has 1 aliphatic rings. The van der Waals surface area contributed by atoms with Gasteiger partial charge < -0.3 is 0 Å². The third-order valence-electron chi connectivity index (χ3n) is 1.89. The molecule has 0 aliphatic carbocycles. The molecule has 1 fully saturated rings. The molecule has 0 aromatic rings. The maximum absolute atomic E-state index is 10.1. The van der Waals surface area contributed by atoms with Crippen LogP contribution in [0.5, 0.6) is 0 Å². The van der Waals surface area contributed by atoms with Gasteiger partial charge in [-0.3, -0.25) is 0 Å². The number of aliphatic hydroxyl groups is 1. The zero-order valence-electron chi connectivity index (χ0n) is 5.99. The fourth-order valence-corrected chi connectivity index (χ4v) is 1.21. The number of hydrogen-bond acceptors (Lipinski definition) is 3. The monoisotopic (exact) mass is 141 g/mol. The fraction of sp³-hybridized carbons (Fsp3) is 1.00. The normalized spacial score (nSPS) is 22.5. The van der Waals surface area contributed by atoms with Crippen LogP contribution in [0.4, 0.5) is 0 Å².